The predicted molar refractivity (Wildman–Crippen MR) is 123 cm³/mol. The number of halogens is 7. The molecule has 2 aromatic carbocycles. The highest BCUT2D eigenvalue weighted by Gasteiger charge is 2.45. The van der Waals surface area contributed by atoms with E-state index in [4.69, 9.17) is 0 Å². The third kappa shape index (κ3) is 5.67. The first-order chi connectivity index (χ1) is 17.1. The summed E-state index contributed by atoms with van der Waals surface area (Å²) in [6.07, 6.45) is 5.22. The molecule has 0 aromatic heterocycles. The molecule has 2 saturated carbocycles. The van der Waals surface area contributed by atoms with Crippen molar-refractivity contribution < 1.29 is 35.5 Å². The maximum absolute atomic E-state index is 14.9. The van der Waals surface area contributed by atoms with Gasteiger partial charge >= 0.3 is 6.11 Å². The van der Waals surface area contributed by atoms with Crippen LogP contribution in [-0.2, 0) is 0 Å². The Bertz CT molecular complexity index is 1030. The molecule has 0 saturated heterocycles. The molecule has 0 unspecified atom stereocenters. The molecule has 0 amide bonds. The predicted octanol–water partition coefficient (Wildman–Crippen LogP) is 9.43. The fourth-order valence-electron chi connectivity index (χ4n) is 6.06. The summed E-state index contributed by atoms with van der Waals surface area (Å²) in [7, 11) is 0. The summed E-state index contributed by atoms with van der Waals surface area (Å²) < 4.78 is 104. The molecule has 2 aliphatic carbocycles. The van der Waals surface area contributed by atoms with Crippen LogP contribution < -0.4 is 4.74 Å². The summed E-state index contributed by atoms with van der Waals surface area (Å²) in [6.45, 7) is 2.19. The smallest absolute Gasteiger partial charge is 0.400 e. The molecule has 0 heterocycles. The van der Waals surface area contributed by atoms with Gasteiger partial charge in [-0.2, -0.15) is 13.2 Å². The third-order valence-corrected chi connectivity index (χ3v) is 8.09. The van der Waals surface area contributed by atoms with E-state index in [0.29, 0.717) is 36.8 Å². The molecular weight excluding hydrogens is 485 g/mol. The lowest BCUT2D eigenvalue weighted by molar-refractivity contribution is -0.225. The summed E-state index contributed by atoms with van der Waals surface area (Å²) in [4.78, 5) is 0. The largest absolute Gasteiger partial charge is 0.429 e. The van der Waals surface area contributed by atoms with Gasteiger partial charge in [-0.15, -0.1) is 0 Å². The maximum Gasteiger partial charge on any atom is 0.400 e. The fraction of sp³-hybridized carbons (Fsp3) is 0.571. The van der Waals surface area contributed by atoms with Crippen molar-refractivity contribution in [1.82, 2.24) is 0 Å². The summed E-state index contributed by atoms with van der Waals surface area (Å²) in [5, 5.41) is 0. The Morgan fingerprint density at radius 3 is 1.86 bits per heavy atom. The molecule has 0 N–H and O–H groups in total. The van der Waals surface area contributed by atoms with Crippen molar-refractivity contribution in [3.05, 3.63) is 53.4 Å². The maximum atomic E-state index is 14.9. The number of benzene rings is 2. The minimum Gasteiger partial charge on any atom is -0.429 e. The third-order valence-electron chi connectivity index (χ3n) is 8.09. The van der Waals surface area contributed by atoms with Gasteiger partial charge in [-0.25, -0.2) is 17.6 Å². The summed E-state index contributed by atoms with van der Waals surface area (Å²) >= 11 is 0. The molecule has 2 aromatic rings. The molecule has 0 bridgehead atoms. The summed E-state index contributed by atoms with van der Waals surface area (Å²) in [5.74, 6) is -8.58. The minimum atomic E-state index is -3.70. The van der Waals surface area contributed by atoms with Crippen LogP contribution in [-0.4, -0.2) is 6.11 Å². The second kappa shape index (κ2) is 11.0. The van der Waals surface area contributed by atoms with Crippen LogP contribution >= 0.6 is 0 Å². The second-order valence-electron chi connectivity index (χ2n) is 10.3. The van der Waals surface area contributed by atoms with Crippen molar-refractivity contribution in [3.63, 3.8) is 0 Å². The minimum absolute atomic E-state index is 0.239. The van der Waals surface area contributed by atoms with Crippen LogP contribution in [0.2, 0.25) is 0 Å². The molecule has 36 heavy (non-hydrogen) atoms. The first-order valence-corrected chi connectivity index (χ1v) is 12.8. The van der Waals surface area contributed by atoms with E-state index >= 15 is 0 Å². The number of alkyl halides is 2. The van der Waals surface area contributed by atoms with E-state index in [1.807, 2.05) is 0 Å². The van der Waals surface area contributed by atoms with Gasteiger partial charge in [0.1, 0.15) is 0 Å². The lowest BCUT2D eigenvalue weighted by atomic mass is 9.68. The van der Waals surface area contributed by atoms with Gasteiger partial charge in [0.15, 0.2) is 29.0 Å². The van der Waals surface area contributed by atoms with Gasteiger partial charge in [0.25, 0.3) is 0 Å². The van der Waals surface area contributed by atoms with E-state index < -0.39 is 58.0 Å². The van der Waals surface area contributed by atoms with Gasteiger partial charge in [-0.05, 0) is 86.1 Å². The molecule has 2 aliphatic rings. The van der Waals surface area contributed by atoms with Gasteiger partial charge in [-0.3, -0.25) is 0 Å². The van der Waals surface area contributed by atoms with Crippen LogP contribution in [0.4, 0.5) is 30.7 Å². The van der Waals surface area contributed by atoms with Crippen LogP contribution in [0.25, 0.3) is 11.1 Å². The lowest BCUT2D eigenvalue weighted by Crippen LogP contribution is -2.38. The van der Waals surface area contributed by atoms with Crippen LogP contribution in [0.1, 0.15) is 71.1 Å². The molecule has 8 heteroatoms. The van der Waals surface area contributed by atoms with Crippen molar-refractivity contribution in [2.24, 2.45) is 23.7 Å². The monoisotopic (exact) mass is 516 g/mol. The first kappa shape index (κ1) is 26.8. The molecule has 1 nitrogen and oxygen atoms in total. The Labute approximate surface area is 207 Å². The zero-order valence-corrected chi connectivity index (χ0v) is 20.2. The average Bonchev–Trinajstić information content (AvgIpc) is 2.86. The van der Waals surface area contributed by atoms with E-state index in [2.05, 4.69) is 11.7 Å². The van der Waals surface area contributed by atoms with Gasteiger partial charge in [0.2, 0.25) is 5.82 Å². The topological polar surface area (TPSA) is 9.23 Å². The van der Waals surface area contributed by atoms with Gasteiger partial charge in [0, 0.05) is 5.56 Å². The van der Waals surface area contributed by atoms with Gasteiger partial charge in [-0.1, -0.05) is 32.6 Å². The molecule has 2 fully saturated rings. The average molecular weight is 517 g/mol. The van der Waals surface area contributed by atoms with E-state index in [-0.39, 0.29) is 12.8 Å². The number of hydrogen-bond donors (Lipinski definition) is 0. The highest BCUT2D eigenvalue weighted by Crippen LogP contribution is 2.46. The Morgan fingerprint density at radius 2 is 1.31 bits per heavy atom. The zero-order valence-electron chi connectivity index (χ0n) is 20.2. The van der Waals surface area contributed by atoms with Crippen molar-refractivity contribution in [2.45, 2.75) is 77.2 Å². The van der Waals surface area contributed by atoms with Crippen molar-refractivity contribution >= 4 is 0 Å². The molecule has 0 spiro atoms. The fourth-order valence-corrected chi connectivity index (χ4v) is 6.06. The first-order valence-electron chi connectivity index (χ1n) is 12.8. The van der Waals surface area contributed by atoms with E-state index in [0.717, 1.165) is 30.9 Å². The Balaban J connectivity index is 1.39. The Kier molecular flexibility index (Phi) is 8.20. The standard InChI is InChI=1S/C28H31F7O/c1-2-3-16-4-6-17(7-5-16)18-8-10-20(11-9-18)28(34,35)36-24-13-12-21(25(31)27(24)33)19-14-22(29)26(32)23(30)15-19/h12-18,20H,2-11H2,1H3. The van der Waals surface area contributed by atoms with E-state index in [9.17, 15) is 30.7 Å². The molecule has 0 radical (unpaired) electrons. The molecule has 198 valence electrons. The van der Waals surface area contributed by atoms with Gasteiger partial charge < -0.3 is 4.74 Å². The highest BCUT2D eigenvalue weighted by atomic mass is 19.3. The SMILES string of the molecule is CCCC1CCC(C2CCC(C(F)(F)Oc3ccc(-c4cc(F)c(F)c(F)c4)c(F)c3F)CC2)CC1. The highest BCUT2D eigenvalue weighted by molar-refractivity contribution is 5.65. The Hall–Kier alpha value is -2.25. The van der Waals surface area contributed by atoms with Crippen molar-refractivity contribution in [2.75, 3.05) is 0 Å². The zero-order chi connectivity index (χ0) is 26.0. The number of ether oxygens (including phenoxy) is 1. The summed E-state index contributed by atoms with van der Waals surface area (Å²) in [5.41, 5.74) is -1.07. The van der Waals surface area contributed by atoms with Crippen LogP contribution in [0.5, 0.6) is 5.75 Å². The van der Waals surface area contributed by atoms with Crippen LogP contribution in [0.15, 0.2) is 24.3 Å². The second-order valence-corrected chi connectivity index (χ2v) is 10.3. The quantitative estimate of drug-likeness (QED) is 0.263. The van der Waals surface area contributed by atoms with E-state index in [1.165, 1.54) is 25.7 Å². The van der Waals surface area contributed by atoms with Crippen LogP contribution in [0.3, 0.4) is 0 Å². The van der Waals surface area contributed by atoms with Gasteiger partial charge in [0.05, 0.1) is 5.92 Å². The Morgan fingerprint density at radius 1 is 0.750 bits per heavy atom. The van der Waals surface area contributed by atoms with Crippen LogP contribution in [0, 0.1) is 52.8 Å². The number of rotatable bonds is 7. The van der Waals surface area contributed by atoms with E-state index in [1.54, 1.807) is 0 Å². The molecule has 0 aliphatic heterocycles. The molecule has 0 atom stereocenters. The van der Waals surface area contributed by atoms with Crippen molar-refractivity contribution in [1.29, 1.82) is 0 Å². The lowest BCUT2D eigenvalue weighted by Gasteiger charge is -2.39. The van der Waals surface area contributed by atoms with Crippen molar-refractivity contribution in [3.8, 4) is 16.9 Å². The number of hydrogen-bond acceptors (Lipinski definition) is 1. The molecule has 4 rings (SSSR count). The molecular formula is C28H31F7O. The summed E-state index contributed by atoms with van der Waals surface area (Å²) in [6, 6.07) is 2.67. The normalized spacial score (nSPS) is 25.1.